The molecule has 2 aromatic rings. The lowest BCUT2D eigenvalue weighted by Crippen LogP contribution is -2.29. The molecule has 1 fully saturated rings. The molecule has 2 N–H and O–H groups in total. The Morgan fingerprint density at radius 3 is 2.33 bits per heavy atom. The van der Waals surface area contributed by atoms with E-state index in [1.54, 1.807) is 30.3 Å². The quantitative estimate of drug-likeness (QED) is 0.310. The Hall–Kier alpha value is -3.24. The Kier molecular flexibility index (Phi) is 8.18. The van der Waals surface area contributed by atoms with Crippen molar-refractivity contribution >= 4 is 51.9 Å². The van der Waals surface area contributed by atoms with E-state index in [9.17, 15) is 14.7 Å². The fourth-order valence-electron chi connectivity index (χ4n) is 3.19. The first kappa shape index (κ1) is 24.4. The number of hydrogen-bond donors (Lipinski definition) is 2. The Bertz CT molecular complexity index is 1060. The van der Waals surface area contributed by atoms with Crippen LogP contribution < -0.4 is 19.5 Å². The van der Waals surface area contributed by atoms with Crippen LogP contribution in [0.5, 0.6) is 23.0 Å². The lowest BCUT2D eigenvalue weighted by molar-refractivity contribution is -0.122. The molecule has 2 aromatic carbocycles. The number of benzene rings is 2. The monoisotopic (exact) mass is 488 g/mol. The van der Waals surface area contributed by atoms with Crippen LogP contribution in [0.15, 0.2) is 41.3 Å². The minimum absolute atomic E-state index is 0.127. The topological polar surface area (TPSA) is 97.3 Å². The third-order valence-electron chi connectivity index (χ3n) is 4.80. The van der Waals surface area contributed by atoms with Crippen molar-refractivity contribution in [2.24, 2.45) is 0 Å². The van der Waals surface area contributed by atoms with E-state index in [1.165, 1.54) is 50.1 Å². The average Bonchev–Trinajstić information content (AvgIpc) is 3.07. The summed E-state index contributed by atoms with van der Waals surface area (Å²) in [5.74, 6) is 1.17. The molecule has 1 heterocycles. The highest BCUT2D eigenvalue weighted by molar-refractivity contribution is 8.26. The van der Waals surface area contributed by atoms with Crippen molar-refractivity contribution < 1.29 is 28.9 Å². The van der Waals surface area contributed by atoms with Crippen molar-refractivity contribution in [2.75, 3.05) is 33.2 Å². The molecular formula is C23H24N2O6S2. The van der Waals surface area contributed by atoms with Gasteiger partial charge in [0.05, 0.1) is 26.2 Å². The number of phenolic OH excluding ortho intramolecular Hbond substituents is 1. The minimum Gasteiger partial charge on any atom is -0.508 e. The molecule has 8 nitrogen and oxygen atoms in total. The largest absolute Gasteiger partial charge is 0.508 e. The summed E-state index contributed by atoms with van der Waals surface area (Å²) in [6.07, 6.45) is 2.40. The SMILES string of the molecule is COc1cc(/C=C2/SC(=S)N(CCCC(=O)Nc3ccc(O)cc3)C2=O)cc(OC)c1OC. The van der Waals surface area contributed by atoms with Gasteiger partial charge in [-0.2, -0.15) is 0 Å². The van der Waals surface area contributed by atoms with Crippen LogP contribution in [0.3, 0.4) is 0 Å². The van der Waals surface area contributed by atoms with E-state index < -0.39 is 0 Å². The van der Waals surface area contributed by atoms with Gasteiger partial charge in [0.2, 0.25) is 11.7 Å². The first-order valence-electron chi connectivity index (χ1n) is 10.0. The number of rotatable bonds is 9. The molecule has 174 valence electrons. The standard InChI is InChI=1S/C23H24N2O6S2/c1-29-17-11-14(12-18(30-2)21(17)31-3)13-19-22(28)25(23(32)33-19)10-4-5-20(27)24-15-6-8-16(26)9-7-15/h6-9,11-13,26H,4-5,10H2,1-3H3,(H,24,27)/b19-13+. The summed E-state index contributed by atoms with van der Waals surface area (Å²) in [5, 5.41) is 12.1. The molecule has 0 atom stereocenters. The number of anilines is 1. The summed E-state index contributed by atoms with van der Waals surface area (Å²) >= 11 is 6.59. The predicted octanol–water partition coefficient (Wildman–Crippen LogP) is 4.04. The van der Waals surface area contributed by atoms with Gasteiger partial charge in [0.1, 0.15) is 10.1 Å². The molecule has 0 bridgehead atoms. The molecule has 2 amide bonds. The zero-order valence-electron chi connectivity index (χ0n) is 18.4. The second-order valence-electron chi connectivity index (χ2n) is 6.99. The molecule has 1 aliphatic heterocycles. The summed E-state index contributed by atoms with van der Waals surface area (Å²) < 4.78 is 16.5. The molecule has 33 heavy (non-hydrogen) atoms. The molecule has 0 unspecified atom stereocenters. The zero-order valence-corrected chi connectivity index (χ0v) is 20.0. The number of aromatic hydroxyl groups is 1. The Morgan fingerprint density at radius 2 is 1.76 bits per heavy atom. The van der Waals surface area contributed by atoms with Gasteiger partial charge in [-0.25, -0.2) is 0 Å². The predicted molar refractivity (Wildman–Crippen MR) is 132 cm³/mol. The summed E-state index contributed by atoms with van der Waals surface area (Å²) in [5.41, 5.74) is 1.30. The highest BCUT2D eigenvalue weighted by Crippen LogP contribution is 2.40. The second-order valence-corrected chi connectivity index (χ2v) is 8.67. The smallest absolute Gasteiger partial charge is 0.266 e. The maximum Gasteiger partial charge on any atom is 0.266 e. The van der Waals surface area contributed by atoms with Gasteiger partial charge in [-0.3, -0.25) is 14.5 Å². The fourth-order valence-corrected chi connectivity index (χ4v) is 4.50. The van der Waals surface area contributed by atoms with E-state index >= 15 is 0 Å². The fraction of sp³-hybridized carbons (Fsp3) is 0.261. The molecule has 0 saturated carbocycles. The lowest BCUT2D eigenvalue weighted by atomic mass is 10.1. The number of nitrogens with zero attached hydrogens (tertiary/aromatic N) is 1. The van der Waals surface area contributed by atoms with Crippen LogP contribution in [0.4, 0.5) is 5.69 Å². The van der Waals surface area contributed by atoms with Gasteiger partial charge < -0.3 is 24.6 Å². The van der Waals surface area contributed by atoms with Crippen LogP contribution in [0.2, 0.25) is 0 Å². The molecule has 0 aliphatic carbocycles. The molecule has 0 spiro atoms. The van der Waals surface area contributed by atoms with Crippen molar-refractivity contribution in [3.63, 3.8) is 0 Å². The van der Waals surface area contributed by atoms with Gasteiger partial charge in [-0.05, 0) is 54.5 Å². The van der Waals surface area contributed by atoms with Crippen molar-refractivity contribution in [2.45, 2.75) is 12.8 Å². The zero-order chi connectivity index (χ0) is 24.0. The van der Waals surface area contributed by atoms with Gasteiger partial charge in [-0.1, -0.05) is 24.0 Å². The Balaban J connectivity index is 1.63. The second kappa shape index (κ2) is 11.1. The van der Waals surface area contributed by atoms with Crippen LogP contribution in [0.25, 0.3) is 6.08 Å². The van der Waals surface area contributed by atoms with E-state index in [0.717, 1.165) is 0 Å². The number of amides is 2. The maximum absolute atomic E-state index is 12.9. The summed E-state index contributed by atoms with van der Waals surface area (Å²) in [4.78, 5) is 27.0. The van der Waals surface area contributed by atoms with Crippen LogP contribution in [-0.4, -0.2) is 54.0 Å². The molecule has 0 radical (unpaired) electrons. The number of nitrogens with one attached hydrogen (secondary N) is 1. The van der Waals surface area contributed by atoms with Crippen LogP contribution in [0.1, 0.15) is 18.4 Å². The number of hydrogen-bond acceptors (Lipinski definition) is 8. The van der Waals surface area contributed by atoms with E-state index in [2.05, 4.69) is 5.32 Å². The number of carbonyl (C=O) groups excluding carboxylic acids is 2. The number of thioether (sulfide) groups is 1. The molecule has 1 saturated heterocycles. The highest BCUT2D eigenvalue weighted by Gasteiger charge is 2.31. The van der Waals surface area contributed by atoms with E-state index in [0.29, 0.717) is 50.7 Å². The maximum atomic E-state index is 12.9. The third-order valence-corrected chi connectivity index (χ3v) is 6.17. The lowest BCUT2D eigenvalue weighted by Gasteiger charge is -2.14. The van der Waals surface area contributed by atoms with Gasteiger partial charge in [0, 0.05) is 18.7 Å². The van der Waals surface area contributed by atoms with Gasteiger partial charge >= 0.3 is 0 Å². The van der Waals surface area contributed by atoms with Crippen LogP contribution >= 0.6 is 24.0 Å². The molecule has 0 aromatic heterocycles. The number of carbonyl (C=O) groups is 2. The highest BCUT2D eigenvalue weighted by atomic mass is 32.2. The minimum atomic E-state index is -0.210. The first-order valence-corrected chi connectivity index (χ1v) is 11.2. The van der Waals surface area contributed by atoms with Crippen molar-refractivity contribution in [1.29, 1.82) is 0 Å². The van der Waals surface area contributed by atoms with Gasteiger partial charge in [0.25, 0.3) is 5.91 Å². The number of thiocarbonyl (C=S) groups is 1. The number of phenols is 1. The summed E-state index contributed by atoms with van der Waals surface area (Å²) in [7, 11) is 4.58. The van der Waals surface area contributed by atoms with Crippen molar-refractivity contribution in [3.05, 3.63) is 46.9 Å². The molecule has 10 heteroatoms. The van der Waals surface area contributed by atoms with Crippen molar-refractivity contribution in [3.8, 4) is 23.0 Å². The van der Waals surface area contributed by atoms with E-state index in [4.69, 9.17) is 26.4 Å². The van der Waals surface area contributed by atoms with Gasteiger partial charge in [0.15, 0.2) is 11.5 Å². The van der Waals surface area contributed by atoms with E-state index in [1.807, 2.05) is 0 Å². The van der Waals surface area contributed by atoms with Crippen LogP contribution in [0, 0.1) is 0 Å². The first-order chi connectivity index (χ1) is 15.9. The van der Waals surface area contributed by atoms with Crippen LogP contribution in [-0.2, 0) is 9.59 Å². The summed E-state index contributed by atoms with van der Waals surface area (Å²) in [6, 6.07) is 9.72. The Labute approximate surface area is 201 Å². The normalized spacial score (nSPS) is 14.5. The van der Waals surface area contributed by atoms with E-state index in [-0.39, 0.29) is 24.0 Å². The Morgan fingerprint density at radius 1 is 1.12 bits per heavy atom. The molecule has 1 aliphatic rings. The molecular weight excluding hydrogens is 464 g/mol. The van der Waals surface area contributed by atoms with Gasteiger partial charge in [-0.15, -0.1) is 0 Å². The van der Waals surface area contributed by atoms with Crippen molar-refractivity contribution in [1.82, 2.24) is 4.90 Å². The number of methoxy groups -OCH3 is 3. The third kappa shape index (κ3) is 5.96. The summed E-state index contributed by atoms with van der Waals surface area (Å²) in [6.45, 7) is 0.334. The number of ether oxygens (including phenoxy) is 3. The average molecular weight is 489 g/mol. The molecule has 3 rings (SSSR count).